The van der Waals surface area contributed by atoms with Crippen molar-refractivity contribution in [2.75, 3.05) is 0 Å². The molecule has 0 aliphatic carbocycles. The molecule has 2 aromatic rings. The molecule has 0 fully saturated rings. The molecule has 3 rings (SSSR count). The fraction of sp³-hybridized carbons (Fsp3) is 0.250. The van der Waals surface area contributed by atoms with Crippen molar-refractivity contribution in [3.05, 3.63) is 57.9 Å². The van der Waals surface area contributed by atoms with Crippen LogP contribution >= 0.6 is 11.6 Å². The van der Waals surface area contributed by atoms with Crippen molar-refractivity contribution in [3.63, 3.8) is 0 Å². The molecule has 21 heavy (non-hydrogen) atoms. The highest BCUT2D eigenvalue weighted by atomic mass is 35.5. The van der Waals surface area contributed by atoms with E-state index in [4.69, 9.17) is 21.1 Å². The zero-order chi connectivity index (χ0) is 14.8. The molecule has 0 saturated carbocycles. The topological polar surface area (TPSA) is 48.4 Å². The van der Waals surface area contributed by atoms with Gasteiger partial charge in [0.25, 0.3) is 6.47 Å². The van der Waals surface area contributed by atoms with Crippen LogP contribution in [0.3, 0.4) is 0 Å². The van der Waals surface area contributed by atoms with Crippen molar-refractivity contribution in [1.29, 1.82) is 0 Å². The second-order valence-electron chi connectivity index (χ2n) is 4.95. The molecule has 0 amide bonds. The minimum absolute atomic E-state index is 0.0803. The van der Waals surface area contributed by atoms with Crippen molar-refractivity contribution in [1.82, 2.24) is 4.98 Å². The lowest BCUT2D eigenvalue weighted by Crippen LogP contribution is -2.03. The third-order valence-corrected chi connectivity index (χ3v) is 3.88. The SMILES string of the molecule is Cc1ncc2c(c1OC=O)COC2Cc1ccc(Cl)cc1. The summed E-state index contributed by atoms with van der Waals surface area (Å²) in [6, 6.07) is 7.68. The molecule has 0 spiro atoms. The molecule has 108 valence electrons. The average Bonchev–Trinajstić information content (AvgIpc) is 2.88. The smallest absolute Gasteiger partial charge is 0.298 e. The molecule has 1 aliphatic rings. The van der Waals surface area contributed by atoms with E-state index in [1.807, 2.05) is 31.2 Å². The fourth-order valence-corrected chi connectivity index (χ4v) is 2.69. The van der Waals surface area contributed by atoms with Gasteiger partial charge < -0.3 is 9.47 Å². The standard InChI is InChI=1S/C16H14ClNO3/c1-10-16(21-9-19)14-8-20-15(13(14)7-18-10)6-11-2-4-12(17)5-3-11/h2-5,7,9,15H,6,8H2,1H3. The number of aryl methyl sites for hydroxylation is 1. The summed E-state index contributed by atoms with van der Waals surface area (Å²) in [5.41, 5.74) is 3.72. The summed E-state index contributed by atoms with van der Waals surface area (Å²) in [7, 11) is 0. The molecule has 1 aromatic carbocycles. The quantitative estimate of drug-likeness (QED) is 0.812. The molecule has 0 saturated heterocycles. The van der Waals surface area contributed by atoms with Crippen molar-refractivity contribution in [2.45, 2.75) is 26.1 Å². The first-order chi connectivity index (χ1) is 10.2. The number of rotatable bonds is 4. The van der Waals surface area contributed by atoms with Crippen LogP contribution in [-0.2, 0) is 22.6 Å². The Labute approximate surface area is 127 Å². The Kier molecular flexibility index (Phi) is 3.90. The average molecular weight is 304 g/mol. The van der Waals surface area contributed by atoms with Crippen LogP contribution in [0.4, 0.5) is 0 Å². The Balaban J connectivity index is 1.88. The van der Waals surface area contributed by atoms with Crippen LogP contribution in [0.5, 0.6) is 5.75 Å². The molecule has 0 N–H and O–H groups in total. The summed E-state index contributed by atoms with van der Waals surface area (Å²) in [5.74, 6) is 0.515. The number of hydrogen-bond donors (Lipinski definition) is 0. The van der Waals surface area contributed by atoms with E-state index in [-0.39, 0.29) is 6.10 Å². The molecule has 1 atom stereocenters. The lowest BCUT2D eigenvalue weighted by Gasteiger charge is -2.12. The van der Waals surface area contributed by atoms with E-state index >= 15 is 0 Å². The van der Waals surface area contributed by atoms with Gasteiger partial charge in [-0.25, -0.2) is 0 Å². The van der Waals surface area contributed by atoms with E-state index in [0.717, 1.165) is 23.1 Å². The van der Waals surface area contributed by atoms with Crippen molar-refractivity contribution in [3.8, 4) is 5.75 Å². The number of hydrogen-bond acceptors (Lipinski definition) is 4. The predicted octanol–water partition coefficient (Wildman–Crippen LogP) is 3.39. The number of benzene rings is 1. The summed E-state index contributed by atoms with van der Waals surface area (Å²) >= 11 is 5.89. The molecule has 4 nitrogen and oxygen atoms in total. The molecular formula is C16H14ClNO3. The van der Waals surface area contributed by atoms with Crippen LogP contribution < -0.4 is 4.74 Å². The summed E-state index contributed by atoms with van der Waals surface area (Å²) in [6.45, 7) is 2.67. The second kappa shape index (κ2) is 5.84. The zero-order valence-electron chi connectivity index (χ0n) is 11.5. The Morgan fingerprint density at radius 2 is 2.19 bits per heavy atom. The number of fused-ring (bicyclic) bond motifs is 1. The molecule has 2 heterocycles. The summed E-state index contributed by atoms with van der Waals surface area (Å²) < 4.78 is 10.9. The third-order valence-electron chi connectivity index (χ3n) is 3.62. The zero-order valence-corrected chi connectivity index (χ0v) is 12.3. The third kappa shape index (κ3) is 2.77. The molecule has 0 radical (unpaired) electrons. The largest absolute Gasteiger partial charge is 0.426 e. The molecule has 1 aromatic heterocycles. The molecule has 5 heteroatoms. The van der Waals surface area contributed by atoms with E-state index in [1.165, 1.54) is 0 Å². The summed E-state index contributed by atoms with van der Waals surface area (Å²) in [4.78, 5) is 14.9. The van der Waals surface area contributed by atoms with E-state index in [0.29, 0.717) is 29.5 Å². The lowest BCUT2D eigenvalue weighted by molar-refractivity contribution is -0.120. The van der Waals surface area contributed by atoms with Gasteiger partial charge in [-0.05, 0) is 24.6 Å². The number of aromatic nitrogens is 1. The van der Waals surface area contributed by atoms with Gasteiger partial charge in [0.15, 0.2) is 5.75 Å². The first-order valence-electron chi connectivity index (χ1n) is 6.63. The van der Waals surface area contributed by atoms with Gasteiger partial charge in [0.1, 0.15) is 0 Å². The minimum Gasteiger partial charge on any atom is -0.426 e. The van der Waals surface area contributed by atoms with Gasteiger partial charge in [0.05, 0.1) is 18.4 Å². The Morgan fingerprint density at radius 3 is 2.90 bits per heavy atom. The maximum absolute atomic E-state index is 10.6. The van der Waals surface area contributed by atoms with Crippen LogP contribution in [0.2, 0.25) is 5.02 Å². The van der Waals surface area contributed by atoms with Crippen LogP contribution in [-0.4, -0.2) is 11.5 Å². The summed E-state index contributed by atoms with van der Waals surface area (Å²) in [5, 5.41) is 0.713. The van der Waals surface area contributed by atoms with E-state index < -0.39 is 0 Å². The molecular weight excluding hydrogens is 290 g/mol. The number of halogens is 1. The van der Waals surface area contributed by atoms with Gasteiger partial charge in [-0.1, -0.05) is 23.7 Å². The molecule has 0 bridgehead atoms. The van der Waals surface area contributed by atoms with Crippen LogP contribution in [0.15, 0.2) is 30.5 Å². The Morgan fingerprint density at radius 1 is 1.43 bits per heavy atom. The number of carbonyl (C=O) groups excluding carboxylic acids is 1. The predicted molar refractivity (Wildman–Crippen MR) is 78.4 cm³/mol. The molecule has 1 aliphatic heterocycles. The Hall–Kier alpha value is -1.91. The fourth-order valence-electron chi connectivity index (χ4n) is 2.56. The maximum Gasteiger partial charge on any atom is 0.298 e. The number of pyridine rings is 1. The van der Waals surface area contributed by atoms with Gasteiger partial charge >= 0.3 is 0 Å². The lowest BCUT2D eigenvalue weighted by atomic mass is 10.0. The van der Waals surface area contributed by atoms with Gasteiger partial charge in [-0.15, -0.1) is 0 Å². The van der Waals surface area contributed by atoms with Gasteiger partial charge in [-0.2, -0.15) is 0 Å². The second-order valence-corrected chi connectivity index (χ2v) is 5.39. The first-order valence-corrected chi connectivity index (χ1v) is 7.01. The van der Waals surface area contributed by atoms with E-state index in [2.05, 4.69) is 4.98 Å². The van der Waals surface area contributed by atoms with Crippen molar-refractivity contribution >= 4 is 18.1 Å². The van der Waals surface area contributed by atoms with Gasteiger partial charge in [0, 0.05) is 28.8 Å². The van der Waals surface area contributed by atoms with Gasteiger partial charge in [-0.3, -0.25) is 9.78 Å². The first kappa shape index (κ1) is 14.0. The van der Waals surface area contributed by atoms with Crippen LogP contribution in [0.1, 0.15) is 28.5 Å². The number of carbonyl (C=O) groups is 1. The monoisotopic (exact) mass is 303 g/mol. The van der Waals surface area contributed by atoms with Crippen molar-refractivity contribution in [2.24, 2.45) is 0 Å². The summed E-state index contributed by atoms with van der Waals surface area (Å²) in [6.07, 6.45) is 2.45. The minimum atomic E-state index is -0.0803. The normalized spacial score (nSPS) is 16.6. The number of ether oxygens (including phenoxy) is 2. The highest BCUT2D eigenvalue weighted by molar-refractivity contribution is 6.30. The van der Waals surface area contributed by atoms with Crippen molar-refractivity contribution < 1.29 is 14.3 Å². The van der Waals surface area contributed by atoms with E-state index in [1.54, 1.807) is 6.20 Å². The van der Waals surface area contributed by atoms with Crippen LogP contribution in [0, 0.1) is 6.92 Å². The maximum atomic E-state index is 10.6. The highest BCUT2D eigenvalue weighted by Crippen LogP contribution is 2.38. The Bertz CT molecular complexity index is 670. The van der Waals surface area contributed by atoms with Crippen LogP contribution in [0.25, 0.3) is 0 Å². The van der Waals surface area contributed by atoms with E-state index in [9.17, 15) is 4.79 Å². The highest BCUT2D eigenvalue weighted by Gasteiger charge is 2.28. The molecule has 1 unspecified atom stereocenters. The number of nitrogens with zero attached hydrogens (tertiary/aromatic N) is 1. The van der Waals surface area contributed by atoms with Gasteiger partial charge in [0.2, 0.25) is 0 Å².